The highest BCUT2D eigenvalue weighted by atomic mass is 16.2. The molecule has 0 spiro atoms. The number of benzene rings is 2. The number of aromatic nitrogens is 1. The summed E-state index contributed by atoms with van der Waals surface area (Å²) in [7, 11) is 0. The molecule has 5 heteroatoms. The number of nitrogens with one attached hydrogen (secondary N) is 1. The lowest BCUT2D eigenvalue weighted by atomic mass is 9.94. The minimum Gasteiger partial charge on any atom is -0.324 e. The van der Waals surface area contributed by atoms with E-state index in [1.54, 1.807) is 29.4 Å². The molecular formula is C23H21N3O2. The highest BCUT2D eigenvalue weighted by Gasteiger charge is 2.36. The quantitative estimate of drug-likeness (QED) is 0.757. The maximum Gasteiger partial charge on any atom is 0.259 e. The third-order valence-electron chi connectivity index (χ3n) is 5.02. The van der Waals surface area contributed by atoms with E-state index in [1.807, 2.05) is 55.5 Å². The molecule has 5 nitrogen and oxygen atoms in total. The molecule has 1 aliphatic heterocycles. The summed E-state index contributed by atoms with van der Waals surface area (Å²) in [6, 6.07) is 18.2. The molecule has 140 valence electrons. The Bertz CT molecular complexity index is 1000. The number of nitrogens with zero attached hydrogens (tertiary/aromatic N) is 2. The molecule has 1 aromatic heterocycles. The fourth-order valence-corrected chi connectivity index (χ4v) is 3.54. The van der Waals surface area contributed by atoms with Crippen LogP contribution < -0.4 is 10.2 Å². The normalized spacial score (nSPS) is 15.6. The summed E-state index contributed by atoms with van der Waals surface area (Å²) in [5.74, 6) is -0.376. The third-order valence-corrected chi connectivity index (χ3v) is 5.02. The van der Waals surface area contributed by atoms with Gasteiger partial charge in [-0.15, -0.1) is 0 Å². The molecule has 1 unspecified atom stereocenters. The van der Waals surface area contributed by atoms with E-state index in [0.717, 1.165) is 28.9 Å². The first-order chi connectivity index (χ1) is 13.6. The van der Waals surface area contributed by atoms with Crippen molar-refractivity contribution in [2.24, 2.45) is 0 Å². The smallest absolute Gasteiger partial charge is 0.259 e. The van der Waals surface area contributed by atoms with Crippen LogP contribution in [0.25, 0.3) is 0 Å². The van der Waals surface area contributed by atoms with Gasteiger partial charge in [-0.3, -0.25) is 19.5 Å². The van der Waals surface area contributed by atoms with Crippen LogP contribution in [-0.4, -0.2) is 22.8 Å². The lowest BCUT2D eigenvalue weighted by molar-refractivity contribution is -0.117. The topological polar surface area (TPSA) is 62.3 Å². The molecule has 0 bridgehead atoms. The van der Waals surface area contributed by atoms with E-state index >= 15 is 0 Å². The predicted octanol–water partition coefficient (Wildman–Crippen LogP) is 3.99. The standard InChI is InChI=1S/C23H21N3O2/c1-16-6-9-19(10-7-16)25-22(27)21-11-8-17-4-2-3-5-20(17)26(21)23(28)18-12-14-24-15-13-18/h2-7,9-10,12-15,21H,8,11H2,1H3,(H,25,27). The minimum absolute atomic E-state index is 0.180. The molecule has 2 heterocycles. The molecule has 0 saturated heterocycles. The molecule has 28 heavy (non-hydrogen) atoms. The largest absolute Gasteiger partial charge is 0.324 e. The first-order valence-corrected chi connectivity index (χ1v) is 9.32. The Hall–Kier alpha value is -3.47. The highest BCUT2D eigenvalue weighted by Crippen LogP contribution is 2.32. The molecule has 1 N–H and O–H groups in total. The zero-order valence-corrected chi connectivity index (χ0v) is 15.6. The van der Waals surface area contributed by atoms with Gasteiger partial charge in [-0.05, 0) is 55.7 Å². The summed E-state index contributed by atoms with van der Waals surface area (Å²) in [5.41, 5.74) is 4.23. The summed E-state index contributed by atoms with van der Waals surface area (Å²) in [6.07, 6.45) is 4.50. The van der Waals surface area contributed by atoms with Crippen LogP contribution in [0.3, 0.4) is 0 Å². The van der Waals surface area contributed by atoms with Crippen LogP contribution in [0.15, 0.2) is 73.1 Å². The van der Waals surface area contributed by atoms with Crippen molar-refractivity contribution < 1.29 is 9.59 Å². The van der Waals surface area contributed by atoms with E-state index in [0.29, 0.717) is 12.0 Å². The number of pyridine rings is 1. The first-order valence-electron chi connectivity index (χ1n) is 9.32. The lowest BCUT2D eigenvalue weighted by Crippen LogP contribution is -2.50. The van der Waals surface area contributed by atoms with E-state index in [1.165, 1.54) is 0 Å². The van der Waals surface area contributed by atoms with Crippen LogP contribution in [-0.2, 0) is 11.2 Å². The Morgan fingerprint density at radius 2 is 1.71 bits per heavy atom. The number of anilines is 2. The number of hydrogen-bond donors (Lipinski definition) is 1. The molecule has 4 rings (SSSR count). The van der Waals surface area contributed by atoms with Crippen LogP contribution in [0.2, 0.25) is 0 Å². The zero-order valence-electron chi connectivity index (χ0n) is 15.6. The van der Waals surface area contributed by atoms with Crippen molar-refractivity contribution in [3.8, 4) is 0 Å². The number of carbonyl (C=O) groups is 2. The molecule has 0 fully saturated rings. The van der Waals surface area contributed by atoms with Crippen LogP contribution in [0.1, 0.15) is 27.9 Å². The summed E-state index contributed by atoms with van der Waals surface area (Å²) in [6.45, 7) is 2.00. The van der Waals surface area contributed by atoms with Crippen LogP contribution in [0, 0.1) is 6.92 Å². The average Bonchev–Trinajstić information content (AvgIpc) is 2.74. The van der Waals surface area contributed by atoms with Gasteiger partial charge in [0.1, 0.15) is 6.04 Å². The van der Waals surface area contributed by atoms with Gasteiger partial charge < -0.3 is 5.32 Å². The SMILES string of the molecule is Cc1ccc(NC(=O)C2CCc3ccccc3N2C(=O)c2ccncc2)cc1. The Labute approximate surface area is 164 Å². The van der Waals surface area contributed by atoms with E-state index in [9.17, 15) is 9.59 Å². The van der Waals surface area contributed by atoms with Gasteiger partial charge in [0.2, 0.25) is 5.91 Å². The molecule has 3 aromatic rings. The van der Waals surface area contributed by atoms with Crippen molar-refractivity contribution in [3.63, 3.8) is 0 Å². The van der Waals surface area contributed by atoms with Gasteiger partial charge in [0, 0.05) is 29.3 Å². The molecule has 0 radical (unpaired) electrons. The van der Waals surface area contributed by atoms with E-state index < -0.39 is 6.04 Å². The molecule has 2 aromatic carbocycles. The number of para-hydroxylation sites is 1. The van der Waals surface area contributed by atoms with Gasteiger partial charge in [0.25, 0.3) is 5.91 Å². The fourth-order valence-electron chi connectivity index (χ4n) is 3.54. The minimum atomic E-state index is -0.572. The van der Waals surface area contributed by atoms with Crippen molar-refractivity contribution >= 4 is 23.2 Å². The number of rotatable bonds is 3. The summed E-state index contributed by atoms with van der Waals surface area (Å²) in [5, 5.41) is 2.96. The molecular weight excluding hydrogens is 350 g/mol. The van der Waals surface area contributed by atoms with Gasteiger partial charge in [-0.1, -0.05) is 35.9 Å². The third kappa shape index (κ3) is 3.51. The Balaban J connectivity index is 1.68. The lowest BCUT2D eigenvalue weighted by Gasteiger charge is -2.36. The second-order valence-electron chi connectivity index (χ2n) is 6.95. The van der Waals surface area contributed by atoms with Gasteiger partial charge in [0.05, 0.1) is 0 Å². The van der Waals surface area contributed by atoms with Crippen molar-refractivity contribution in [1.82, 2.24) is 4.98 Å². The molecule has 1 atom stereocenters. The van der Waals surface area contributed by atoms with Crippen LogP contribution in [0.4, 0.5) is 11.4 Å². The first kappa shape index (κ1) is 17.9. The van der Waals surface area contributed by atoms with E-state index in [4.69, 9.17) is 0 Å². The van der Waals surface area contributed by atoms with Gasteiger partial charge >= 0.3 is 0 Å². The van der Waals surface area contributed by atoms with Gasteiger partial charge in [0.15, 0.2) is 0 Å². The second kappa shape index (κ2) is 7.64. The van der Waals surface area contributed by atoms with Crippen molar-refractivity contribution in [3.05, 3.63) is 89.7 Å². The van der Waals surface area contributed by atoms with Crippen LogP contribution in [0.5, 0.6) is 0 Å². The summed E-state index contributed by atoms with van der Waals surface area (Å²) >= 11 is 0. The Kier molecular flexibility index (Phi) is 4.89. The fraction of sp³-hybridized carbons (Fsp3) is 0.174. The van der Waals surface area contributed by atoms with E-state index in [-0.39, 0.29) is 11.8 Å². The number of aryl methyl sites for hydroxylation is 2. The summed E-state index contributed by atoms with van der Waals surface area (Å²) < 4.78 is 0. The maximum absolute atomic E-state index is 13.3. The molecule has 0 saturated carbocycles. The van der Waals surface area contributed by atoms with Crippen molar-refractivity contribution in [2.75, 3.05) is 10.2 Å². The zero-order chi connectivity index (χ0) is 19.5. The second-order valence-corrected chi connectivity index (χ2v) is 6.95. The Morgan fingerprint density at radius 3 is 2.46 bits per heavy atom. The molecule has 1 aliphatic rings. The number of fused-ring (bicyclic) bond motifs is 1. The maximum atomic E-state index is 13.3. The average molecular weight is 371 g/mol. The van der Waals surface area contributed by atoms with Crippen molar-refractivity contribution in [1.29, 1.82) is 0 Å². The van der Waals surface area contributed by atoms with E-state index in [2.05, 4.69) is 10.3 Å². The predicted molar refractivity (Wildman–Crippen MR) is 109 cm³/mol. The number of hydrogen-bond acceptors (Lipinski definition) is 3. The monoisotopic (exact) mass is 371 g/mol. The summed E-state index contributed by atoms with van der Waals surface area (Å²) in [4.78, 5) is 32.0. The van der Waals surface area contributed by atoms with Crippen molar-refractivity contribution in [2.45, 2.75) is 25.8 Å². The van der Waals surface area contributed by atoms with Crippen LogP contribution >= 0.6 is 0 Å². The highest BCUT2D eigenvalue weighted by molar-refractivity contribution is 6.12. The molecule has 2 amide bonds. The number of carbonyl (C=O) groups excluding carboxylic acids is 2. The Morgan fingerprint density at radius 1 is 1.00 bits per heavy atom. The number of amides is 2. The van der Waals surface area contributed by atoms with Gasteiger partial charge in [-0.2, -0.15) is 0 Å². The molecule has 0 aliphatic carbocycles. The van der Waals surface area contributed by atoms with Gasteiger partial charge in [-0.25, -0.2) is 0 Å².